The Morgan fingerprint density at radius 1 is 0.276 bits per heavy atom. The second kappa shape index (κ2) is 11.8. The predicted octanol–water partition coefficient (Wildman–Crippen LogP) is 15.5. The number of hydrogen-bond acceptors (Lipinski definition) is 3. The van der Waals surface area contributed by atoms with E-state index in [0.717, 1.165) is 93.7 Å². The molecule has 13 rings (SSSR count). The fourth-order valence-corrected chi connectivity index (χ4v) is 9.30. The van der Waals surface area contributed by atoms with Crippen molar-refractivity contribution in [3.05, 3.63) is 188 Å². The highest BCUT2D eigenvalue weighted by Crippen LogP contribution is 2.45. The van der Waals surface area contributed by atoms with Gasteiger partial charge in [0.15, 0.2) is 16.7 Å². The molecule has 0 spiro atoms. The normalized spacial score (nSPS) is 12.1. The molecule has 4 heterocycles. The average molecular weight is 742 g/mol. The van der Waals surface area contributed by atoms with Crippen molar-refractivity contribution in [3.63, 3.8) is 0 Å². The summed E-state index contributed by atoms with van der Waals surface area (Å²) in [5.74, 6) is 0. The molecule has 0 N–H and O–H groups in total. The van der Waals surface area contributed by atoms with Gasteiger partial charge in [0.2, 0.25) is 0 Å². The van der Waals surface area contributed by atoms with Gasteiger partial charge in [-0.3, -0.25) is 0 Å². The zero-order valence-corrected chi connectivity index (χ0v) is 31.1. The van der Waals surface area contributed by atoms with Gasteiger partial charge in [0, 0.05) is 48.7 Å². The van der Waals surface area contributed by atoms with E-state index >= 15 is 0 Å². The SMILES string of the molecule is c1ccc(-c2ccc3c(c2)c2cc(-c4ccccc4)ccc2n3-c2cccc3c2oc2c3ccc3c4cccc(-c5ccc6oc7ccccc7c6c5)c4oc32)cc1. The Bertz CT molecular complexity index is 3690. The highest BCUT2D eigenvalue weighted by molar-refractivity contribution is 6.22. The predicted molar refractivity (Wildman–Crippen MR) is 239 cm³/mol. The van der Waals surface area contributed by atoms with Crippen LogP contribution in [0.2, 0.25) is 0 Å². The first kappa shape index (κ1) is 31.4. The monoisotopic (exact) mass is 741 g/mol. The number of para-hydroxylation sites is 3. The van der Waals surface area contributed by atoms with Gasteiger partial charge in [-0.1, -0.05) is 127 Å². The molecule has 0 bridgehead atoms. The van der Waals surface area contributed by atoms with E-state index in [9.17, 15) is 0 Å². The molecule has 270 valence electrons. The third-order valence-corrected chi connectivity index (χ3v) is 12.0. The standard InChI is InChI=1S/C54H31NO3/c1-3-11-32(12-4-1)34-21-26-46-43(29-34)44-30-35(33-13-5-2-6-14-33)22-27-47(44)55(46)48-19-10-18-40-42-25-24-41-39-17-9-16-37(51(39)57-53(41)54(42)58-52(40)48)36-23-28-50-45(31-36)38-15-7-8-20-49(38)56-50/h1-31H. The van der Waals surface area contributed by atoms with Crippen LogP contribution in [0, 0.1) is 0 Å². The summed E-state index contributed by atoms with van der Waals surface area (Å²) in [4.78, 5) is 0. The molecule has 0 fully saturated rings. The van der Waals surface area contributed by atoms with Crippen LogP contribution in [0.5, 0.6) is 0 Å². The molecule has 4 heteroatoms. The van der Waals surface area contributed by atoms with Gasteiger partial charge < -0.3 is 17.8 Å². The van der Waals surface area contributed by atoms with Gasteiger partial charge >= 0.3 is 0 Å². The maximum absolute atomic E-state index is 7.05. The molecule has 0 aliphatic rings. The largest absolute Gasteiger partial charge is 0.456 e. The average Bonchev–Trinajstić information content (AvgIpc) is 4.05. The van der Waals surface area contributed by atoms with Crippen LogP contribution in [0.4, 0.5) is 0 Å². The fourth-order valence-electron chi connectivity index (χ4n) is 9.30. The minimum absolute atomic E-state index is 0.747. The van der Waals surface area contributed by atoms with E-state index in [1.807, 2.05) is 12.1 Å². The Kier molecular flexibility index (Phi) is 6.41. The summed E-state index contributed by atoms with van der Waals surface area (Å²) in [6.07, 6.45) is 0. The molecule has 13 aromatic rings. The Labute approximate surface area is 331 Å². The lowest BCUT2D eigenvalue weighted by molar-refractivity contribution is 0.633. The molecule has 4 nitrogen and oxygen atoms in total. The van der Waals surface area contributed by atoms with Crippen LogP contribution < -0.4 is 0 Å². The van der Waals surface area contributed by atoms with Gasteiger partial charge in [0.1, 0.15) is 16.7 Å². The first-order chi connectivity index (χ1) is 28.7. The minimum atomic E-state index is 0.747. The van der Waals surface area contributed by atoms with E-state index in [0.29, 0.717) is 0 Å². The summed E-state index contributed by atoms with van der Waals surface area (Å²) in [5, 5.41) is 8.72. The number of fused-ring (bicyclic) bond motifs is 13. The molecule has 0 unspecified atom stereocenters. The van der Waals surface area contributed by atoms with Gasteiger partial charge in [-0.15, -0.1) is 0 Å². The maximum Gasteiger partial charge on any atom is 0.178 e. The van der Waals surface area contributed by atoms with Crippen LogP contribution >= 0.6 is 0 Å². The van der Waals surface area contributed by atoms with Crippen molar-refractivity contribution < 1.29 is 13.3 Å². The minimum Gasteiger partial charge on any atom is -0.456 e. The molecular weight excluding hydrogens is 711 g/mol. The summed E-state index contributed by atoms with van der Waals surface area (Å²) in [6.45, 7) is 0. The van der Waals surface area contributed by atoms with Gasteiger partial charge in [-0.05, 0) is 88.5 Å². The van der Waals surface area contributed by atoms with Crippen LogP contribution in [0.1, 0.15) is 0 Å². The Hall–Kier alpha value is -7.82. The second-order valence-electron chi connectivity index (χ2n) is 15.2. The quantitative estimate of drug-likeness (QED) is 0.180. The van der Waals surface area contributed by atoms with Gasteiger partial charge in [0.25, 0.3) is 0 Å². The summed E-state index contributed by atoms with van der Waals surface area (Å²) >= 11 is 0. The molecule has 4 aromatic heterocycles. The summed E-state index contributed by atoms with van der Waals surface area (Å²) in [5.41, 5.74) is 15.0. The molecule has 0 atom stereocenters. The number of hydrogen-bond donors (Lipinski definition) is 0. The second-order valence-corrected chi connectivity index (χ2v) is 15.2. The van der Waals surface area contributed by atoms with Crippen molar-refractivity contribution in [2.75, 3.05) is 0 Å². The topological polar surface area (TPSA) is 44.4 Å². The Morgan fingerprint density at radius 2 is 0.793 bits per heavy atom. The Morgan fingerprint density at radius 3 is 1.48 bits per heavy atom. The molecular formula is C54H31NO3. The molecule has 0 saturated carbocycles. The van der Waals surface area contributed by atoms with Crippen LogP contribution in [-0.4, -0.2) is 4.57 Å². The zero-order chi connectivity index (χ0) is 37.9. The van der Waals surface area contributed by atoms with Crippen molar-refractivity contribution in [1.29, 1.82) is 0 Å². The third-order valence-electron chi connectivity index (χ3n) is 12.0. The number of benzene rings is 9. The van der Waals surface area contributed by atoms with Crippen molar-refractivity contribution in [3.8, 4) is 39.1 Å². The van der Waals surface area contributed by atoms with Gasteiger partial charge in [0.05, 0.1) is 16.7 Å². The first-order valence-electron chi connectivity index (χ1n) is 19.7. The summed E-state index contributed by atoms with van der Waals surface area (Å²) < 4.78 is 22.5. The van der Waals surface area contributed by atoms with Crippen LogP contribution in [-0.2, 0) is 0 Å². The lowest BCUT2D eigenvalue weighted by Gasteiger charge is -2.09. The molecule has 58 heavy (non-hydrogen) atoms. The van der Waals surface area contributed by atoms with E-state index in [2.05, 4.69) is 180 Å². The lowest BCUT2D eigenvalue weighted by Crippen LogP contribution is -1.94. The van der Waals surface area contributed by atoms with Crippen LogP contribution in [0.25, 0.3) is 127 Å². The van der Waals surface area contributed by atoms with Crippen molar-refractivity contribution in [2.45, 2.75) is 0 Å². The van der Waals surface area contributed by atoms with E-state index in [-0.39, 0.29) is 0 Å². The molecule has 0 radical (unpaired) electrons. The van der Waals surface area contributed by atoms with E-state index < -0.39 is 0 Å². The third kappa shape index (κ3) is 4.45. The van der Waals surface area contributed by atoms with Crippen molar-refractivity contribution in [1.82, 2.24) is 4.57 Å². The molecule has 0 aliphatic carbocycles. The smallest absolute Gasteiger partial charge is 0.178 e. The fraction of sp³-hybridized carbons (Fsp3) is 0. The maximum atomic E-state index is 7.05. The van der Waals surface area contributed by atoms with Gasteiger partial charge in [-0.25, -0.2) is 0 Å². The summed E-state index contributed by atoms with van der Waals surface area (Å²) in [7, 11) is 0. The number of aromatic nitrogens is 1. The molecule has 0 aliphatic heterocycles. The van der Waals surface area contributed by atoms with Gasteiger partial charge in [-0.2, -0.15) is 0 Å². The van der Waals surface area contributed by atoms with Crippen molar-refractivity contribution >= 4 is 87.6 Å². The van der Waals surface area contributed by atoms with E-state index in [1.54, 1.807) is 0 Å². The lowest BCUT2D eigenvalue weighted by atomic mass is 10.00. The Balaban J connectivity index is 1.04. The number of rotatable bonds is 4. The highest BCUT2D eigenvalue weighted by Gasteiger charge is 2.22. The summed E-state index contributed by atoms with van der Waals surface area (Å²) in [6, 6.07) is 66.6. The molecule has 0 saturated heterocycles. The van der Waals surface area contributed by atoms with Crippen LogP contribution in [0.3, 0.4) is 0 Å². The van der Waals surface area contributed by atoms with E-state index in [1.165, 1.54) is 33.0 Å². The highest BCUT2D eigenvalue weighted by atomic mass is 16.4. The van der Waals surface area contributed by atoms with Crippen LogP contribution in [0.15, 0.2) is 201 Å². The first-order valence-corrected chi connectivity index (χ1v) is 19.7. The number of nitrogens with zero attached hydrogens (tertiary/aromatic N) is 1. The number of furan rings is 3. The molecule has 9 aromatic carbocycles. The molecule has 0 amide bonds. The van der Waals surface area contributed by atoms with Crippen molar-refractivity contribution in [2.24, 2.45) is 0 Å². The van der Waals surface area contributed by atoms with E-state index in [4.69, 9.17) is 13.3 Å². The zero-order valence-electron chi connectivity index (χ0n) is 31.1.